The molecule has 0 aliphatic carbocycles. The van der Waals surface area contributed by atoms with Gasteiger partial charge in [0.2, 0.25) is 0 Å². The Morgan fingerprint density at radius 2 is 1.67 bits per heavy atom. The molecule has 5 heteroatoms. The van der Waals surface area contributed by atoms with Crippen LogP contribution in [0.5, 0.6) is 11.5 Å². The molecule has 0 aliphatic rings. The Bertz CT molecular complexity index is 865. The molecule has 0 spiro atoms. The second kappa shape index (κ2) is 10.2. The summed E-state index contributed by atoms with van der Waals surface area (Å²) in [5.74, 6) is 1.39. The Morgan fingerprint density at radius 3 is 2.37 bits per heavy atom. The van der Waals surface area contributed by atoms with Crippen LogP contribution in [0.2, 0.25) is 0 Å². The van der Waals surface area contributed by atoms with Crippen LogP contribution in [-0.4, -0.2) is 13.3 Å². The Morgan fingerprint density at radius 1 is 0.926 bits per heavy atom. The number of ether oxygens (including phenoxy) is 2. The van der Waals surface area contributed by atoms with Crippen LogP contribution in [-0.2, 0) is 6.61 Å². The number of nitrogens with one attached hydrogen (secondary N) is 1. The van der Waals surface area contributed by atoms with Crippen LogP contribution < -0.4 is 14.9 Å². The number of hydrogen-bond acceptors (Lipinski definition) is 4. The fourth-order valence-electron chi connectivity index (χ4n) is 2.43. The van der Waals surface area contributed by atoms with Gasteiger partial charge < -0.3 is 9.47 Å². The molecule has 3 aromatic rings. The van der Waals surface area contributed by atoms with Crippen LogP contribution in [0.1, 0.15) is 16.7 Å². The number of benzene rings is 3. The second-order valence-electron chi connectivity index (χ2n) is 5.92. The number of aryl methyl sites for hydroxylation is 1. The number of nitrogens with zero attached hydrogens (tertiary/aromatic N) is 1. The van der Waals surface area contributed by atoms with E-state index in [-0.39, 0.29) is 12.4 Å². The van der Waals surface area contributed by atoms with Crippen LogP contribution in [0, 0.1) is 6.92 Å². The van der Waals surface area contributed by atoms with Gasteiger partial charge in [-0.15, -0.1) is 12.4 Å². The molecule has 0 aromatic heterocycles. The summed E-state index contributed by atoms with van der Waals surface area (Å²) in [5.41, 5.74) is 7.22. The van der Waals surface area contributed by atoms with Crippen molar-refractivity contribution in [2.45, 2.75) is 13.5 Å². The van der Waals surface area contributed by atoms with Crippen molar-refractivity contribution >= 4 is 24.3 Å². The Balaban J connectivity index is 0.00000261. The van der Waals surface area contributed by atoms with Crippen molar-refractivity contribution in [1.29, 1.82) is 0 Å². The van der Waals surface area contributed by atoms with E-state index in [0.29, 0.717) is 18.1 Å². The predicted octanol–water partition coefficient (Wildman–Crippen LogP) is 5.45. The summed E-state index contributed by atoms with van der Waals surface area (Å²) >= 11 is 0. The second-order valence-corrected chi connectivity index (χ2v) is 5.92. The SMILES string of the molecule is COc1ccc(C=NNc2ccc(C)cc2)cc1OCc1ccccc1.Cl. The third-order valence-corrected chi connectivity index (χ3v) is 3.88. The minimum absolute atomic E-state index is 0. The smallest absolute Gasteiger partial charge is 0.162 e. The summed E-state index contributed by atoms with van der Waals surface area (Å²) < 4.78 is 11.3. The maximum atomic E-state index is 5.93. The minimum atomic E-state index is 0. The first-order chi connectivity index (χ1) is 12.7. The summed E-state index contributed by atoms with van der Waals surface area (Å²) in [6, 6.07) is 23.9. The lowest BCUT2D eigenvalue weighted by Crippen LogP contribution is -1.99. The molecule has 0 heterocycles. The highest BCUT2D eigenvalue weighted by atomic mass is 35.5. The molecule has 0 atom stereocenters. The van der Waals surface area contributed by atoms with Crippen molar-refractivity contribution < 1.29 is 9.47 Å². The molecule has 0 amide bonds. The third-order valence-electron chi connectivity index (χ3n) is 3.88. The first-order valence-electron chi connectivity index (χ1n) is 8.45. The largest absolute Gasteiger partial charge is 0.493 e. The van der Waals surface area contributed by atoms with Crippen LogP contribution in [0.25, 0.3) is 0 Å². The Kier molecular flexibility index (Phi) is 7.71. The lowest BCUT2D eigenvalue weighted by molar-refractivity contribution is 0.284. The van der Waals surface area contributed by atoms with Gasteiger partial charge in [0, 0.05) is 0 Å². The Labute approximate surface area is 166 Å². The minimum Gasteiger partial charge on any atom is -0.493 e. The van der Waals surface area contributed by atoms with Crippen molar-refractivity contribution in [2.24, 2.45) is 5.10 Å². The van der Waals surface area contributed by atoms with Crippen LogP contribution in [0.15, 0.2) is 77.9 Å². The molecule has 0 saturated carbocycles. The number of halogens is 1. The van der Waals surface area contributed by atoms with E-state index in [1.54, 1.807) is 13.3 Å². The maximum Gasteiger partial charge on any atom is 0.162 e. The predicted molar refractivity (Wildman–Crippen MR) is 113 cm³/mol. The number of anilines is 1. The molecule has 3 aromatic carbocycles. The molecular formula is C22H23ClN2O2. The fourth-order valence-corrected chi connectivity index (χ4v) is 2.43. The van der Waals surface area contributed by atoms with E-state index in [4.69, 9.17) is 9.47 Å². The summed E-state index contributed by atoms with van der Waals surface area (Å²) in [6.45, 7) is 2.54. The van der Waals surface area contributed by atoms with Gasteiger partial charge in [-0.25, -0.2) is 0 Å². The molecule has 0 aliphatic heterocycles. The zero-order valence-electron chi connectivity index (χ0n) is 15.4. The van der Waals surface area contributed by atoms with E-state index in [9.17, 15) is 0 Å². The molecular weight excluding hydrogens is 360 g/mol. The van der Waals surface area contributed by atoms with Crippen molar-refractivity contribution in [3.05, 3.63) is 89.5 Å². The van der Waals surface area contributed by atoms with Crippen molar-refractivity contribution in [3.8, 4) is 11.5 Å². The van der Waals surface area contributed by atoms with Gasteiger partial charge in [-0.3, -0.25) is 5.43 Å². The summed E-state index contributed by atoms with van der Waals surface area (Å²) in [7, 11) is 1.64. The van der Waals surface area contributed by atoms with Gasteiger partial charge in [0.25, 0.3) is 0 Å². The molecule has 27 heavy (non-hydrogen) atoms. The first kappa shape index (κ1) is 20.3. The van der Waals surface area contributed by atoms with E-state index < -0.39 is 0 Å². The molecule has 0 fully saturated rings. The zero-order valence-corrected chi connectivity index (χ0v) is 16.2. The lowest BCUT2D eigenvalue weighted by atomic mass is 10.2. The van der Waals surface area contributed by atoms with Crippen LogP contribution >= 0.6 is 12.4 Å². The Hall–Kier alpha value is -2.98. The van der Waals surface area contributed by atoms with Crippen molar-refractivity contribution in [1.82, 2.24) is 0 Å². The van der Waals surface area contributed by atoms with Gasteiger partial charge >= 0.3 is 0 Å². The zero-order chi connectivity index (χ0) is 18.2. The number of hydrogen-bond donors (Lipinski definition) is 1. The normalized spacial score (nSPS) is 10.3. The maximum absolute atomic E-state index is 5.93. The molecule has 0 saturated heterocycles. The van der Waals surface area contributed by atoms with Crippen molar-refractivity contribution in [2.75, 3.05) is 12.5 Å². The van der Waals surface area contributed by atoms with Crippen LogP contribution in [0.3, 0.4) is 0 Å². The van der Waals surface area contributed by atoms with Crippen LogP contribution in [0.4, 0.5) is 5.69 Å². The van der Waals surface area contributed by atoms with Gasteiger partial charge in [-0.05, 0) is 48.4 Å². The standard InChI is InChI=1S/C22H22N2O2.ClH/c1-17-8-11-20(12-9-17)24-23-15-19-10-13-21(25-2)22(14-19)26-16-18-6-4-3-5-7-18;/h3-15,24H,16H2,1-2H3;1H. The highest BCUT2D eigenvalue weighted by Gasteiger charge is 2.05. The van der Waals surface area contributed by atoms with Gasteiger partial charge in [-0.2, -0.15) is 5.10 Å². The monoisotopic (exact) mass is 382 g/mol. The van der Waals surface area contributed by atoms with E-state index in [1.165, 1.54) is 5.56 Å². The molecule has 0 unspecified atom stereocenters. The molecule has 3 rings (SSSR count). The number of methoxy groups -OCH3 is 1. The van der Waals surface area contributed by atoms with E-state index in [1.807, 2.05) is 72.8 Å². The van der Waals surface area contributed by atoms with Gasteiger partial charge in [0.05, 0.1) is 19.0 Å². The lowest BCUT2D eigenvalue weighted by Gasteiger charge is -2.11. The van der Waals surface area contributed by atoms with Gasteiger partial charge in [-0.1, -0.05) is 48.0 Å². The fraction of sp³-hybridized carbons (Fsp3) is 0.136. The topological polar surface area (TPSA) is 42.8 Å². The highest BCUT2D eigenvalue weighted by molar-refractivity contribution is 5.85. The molecule has 4 nitrogen and oxygen atoms in total. The van der Waals surface area contributed by atoms with E-state index in [0.717, 1.165) is 16.8 Å². The number of rotatable bonds is 7. The average Bonchev–Trinajstić information content (AvgIpc) is 2.69. The molecule has 140 valence electrons. The summed E-state index contributed by atoms with van der Waals surface area (Å²) in [4.78, 5) is 0. The average molecular weight is 383 g/mol. The number of hydrazone groups is 1. The van der Waals surface area contributed by atoms with Gasteiger partial charge in [0.1, 0.15) is 6.61 Å². The van der Waals surface area contributed by atoms with E-state index in [2.05, 4.69) is 17.5 Å². The third kappa shape index (κ3) is 6.04. The highest BCUT2D eigenvalue weighted by Crippen LogP contribution is 2.28. The molecule has 1 N–H and O–H groups in total. The van der Waals surface area contributed by atoms with E-state index >= 15 is 0 Å². The summed E-state index contributed by atoms with van der Waals surface area (Å²) in [6.07, 6.45) is 1.76. The molecule has 0 radical (unpaired) electrons. The van der Waals surface area contributed by atoms with Gasteiger partial charge in [0.15, 0.2) is 11.5 Å². The van der Waals surface area contributed by atoms with Crippen molar-refractivity contribution in [3.63, 3.8) is 0 Å². The molecule has 0 bridgehead atoms. The summed E-state index contributed by atoms with van der Waals surface area (Å²) in [5, 5.41) is 4.29. The first-order valence-corrected chi connectivity index (χ1v) is 8.45. The quantitative estimate of drug-likeness (QED) is 0.436.